The van der Waals surface area contributed by atoms with E-state index in [0.29, 0.717) is 0 Å². The third kappa shape index (κ3) is 4.08. The number of para-hydroxylation sites is 1. The van der Waals surface area contributed by atoms with Crippen molar-refractivity contribution in [2.24, 2.45) is 5.92 Å². The molecule has 1 atom stereocenters. The molecule has 0 spiro atoms. The lowest BCUT2D eigenvalue weighted by atomic mass is 9.88. The van der Waals surface area contributed by atoms with Crippen LogP contribution < -0.4 is 10.6 Å². The van der Waals surface area contributed by atoms with Crippen LogP contribution in [0.4, 0.5) is 5.69 Å². The average molecular weight is 274 g/mol. The minimum Gasteiger partial charge on any atom is -0.344 e. The van der Waals surface area contributed by atoms with E-state index in [2.05, 4.69) is 10.6 Å². The van der Waals surface area contributed by atoms with E-state index in [1.807, 2.05) is 30.3 Å². The zero-order valence-electron chi connectivity index (χ0n) is 11.9. The molecule has 0 bridgehead atoms. The number of carbonyl (C=O) groups excluding carboxylic acids is 2. The summed E-state index contributed by atoms with van der Waals surface area (Å²) in [6, 6.07) is 8.76. The van der Waals surface area contributed by atoms with Crippen LogP contribution in [0.2, 0.25) is 0 Å². The summed E-state index contributed by atoms with van der Waals surface area (Å²) in [5, 5.41) is 5.61. The van der Waals surface area contributed by atoms with Crippen LogP contribution in [0.1, 0.15) is 39.0 Å². The SMILES string of the molecule is CC(NC(=O)C1CCCCC1)C(=O)Nc1ccccc1. The lowest BCUT2D eigenvalue weighted by Gasteiger charge is -2.23. The van der Waals surface area contributed by atoms with Crippen LogP contribution in [0.3, 0.4) is 0 Å². The van der Waals surface area contributed by atoms with Gasteiger partial charge < -0.3 is 10.6 Å². The maximum absolute atomic E-state index is 12.1. The molecule has 4 nitrogen and oxygen atoms in total. The first-order chi connectivity index (χ1) is 9.66. The van der Waals surface area contributed by atoms with Crippen molar-refractivity contribution < 1.29 is 9.59 Å². The number of nitrogens with one attached hydrogen (secondary N) is 2. The number of rotatable bonds is 4. The first kappa shape index (κ1) is 14.6. The van der Waals surface area contributed by atoms with Crippen molar-refractivity contribution in [3.8, 4) is 0 Å². The molecule has 0 aliphatic heterocycles. The van der Waals surface area contributed by atoms with Crippen molar-refractivity contribution in [1.82, 2.24) is 5.32 Å². The fourth-order valence-corrected chi connectivity index (χ4v) is 2.53. The van der Waals surface area contributed by atoms with Gasteiger partial charge in [-0.05, 0) is 31.9 Å². The summed E-state index contributed by atoms with van der Waals surface area (Å²) in [5.74, 6) is -0.0866. The normalized spacial score (nSPS) is 17.2. The fraction of sp³-hybridized carbons (Fsp3) is 0.500. The molecule has 1 fully saturated rings. The Balaban J connectivity index is 1.82. The summed E-state index contributed by atoms with van der Waals surface area (Å²) in [4.78, 5) is 24.1. The Labute approximate surface area is 119 Å². The molecule has 108 valence electrons. The predicted molar refractivity (Wildman–Crippen MR) is 79.3 cm³/mol. The Hall–Kier alpha value is -1.84. The van der Waals surface area contributed by atoms with E-state index in [1.54, 1.807) is 6.92 Å². The smallest absolute Gasteiger partial charge is 0.246 e. The fourth-order valence-electron chi connectivity index (χ4n) is 2.53. The van der Waals surface area contributed by atoms with E-state index in [4.69, 9.17) is 0 Å². The molecule has 1 aromatic carbocycles. The summed E-state index contributed by atoms with van der Waals surface area (Å²) in [6.45, 7) is 1.72. The molecule has 1 aromatic rings. The Bertz CT molecular complexity index is 453. The molecule has 1 saturated carbocycles. The van der Waals surface area contributed by atoms with Gasteiger partial charge in [0.25, 0.3) is 0 Å². The highest BCUT2D eigenvalue weighted by Crippen LogP contribution is 2.23. The van der Waals surface area contributed by atoms with Crippen LogP contribution >= 0.6 is 0 Å². The number of amides is 2. The van der Waals surface area contributed by atoms with E-state index in [-0.39, 0.29) is 17.7 Å². The van der Waals surface area contributed by atoms with Gasteiger partial charge in [0, 0.05) is 11.6 Å². The Morgan fingerprint density at radius 3 is 2.40 bits per heavy atom. The zero-order valence-corrected chi connectivity index (χ0v) is 11.9. The predicted octanol–water partition coefficient (Wildman–Crippen LogP) is 2.71. The Kier molecular flexibility index (Phi) is 5.16. The molecule has 1 aliphatic carbocycles. The first-order valence-electron chi connectivity index (χ1n) is 7.33. The highest BCUT2D eigenvalue weighted by Gasteiger charge is 2.24. The molecule has 0 heterocycles. The molecule has 0 saturated heterocycles. The minimum absolute atomic E-state index is 0.0143. The second kappa shape index (κ2) is 7.08. The molecule has 2 amide bonds. The molecule has 20 heavy (non-hydrogen) atoms. The number of carbonyl (C=O) groups is 2. The topological polar surface area (TPSA) is 58.2 Å². The van der Waals surface area contributed by atoms with E-state index < -0.39 is 6.04 Å². The number of hydrogen-bond donors (Lipinski definition) is 2. The average Bonchev–Trinajstić information content (AvgIpc) is 2.49. The van der Waals surface area contributed by atoms with Crippen molar-refractivity contribution in [2.45, 2.75) is 45.1 Å². The standard InChI is InChI=1S/C16H22N2O2/c1-12(15(19)18-14-10-6-3-7-11-14)17-16(20)13-8-4-2-5-9-13/h3,6-7,10-13H,2,4-5,8-9H2,1H3,(H,17,20)(H,18,19). The van der Waals surface area contributed by atoms with E-state index in [9.17, 15) is 9.59 Å². The van der Waals surface area contributed by atoms with Crippen LogP contribution in [-0.4, -0.2) is 17.9 Å². The van der Waals surface area contributed by atoms with Gasteiger partial charge in [0.05, 0.1) is 0 Å². The van der Waals surface area contributed by atoms with Gasteiger partial charge in [0.2, 0.25) is 11.8 Å². The Morgan fingerprint density at radius 1 is 1.10 bits per heavy atom. The second-order valence-electron chi connectivity index (χ2n) is 5.42. The zero-order chi connectivity index (χ0) is 14.4. The molecule has 0 radical (unpaired) electrons. The summed E-state index contributed by atoms with van der Waals surface area (Å²) >= 11 is 0. The monoisotopic (exact) mass is 274 g/mol. The molecular formula is C16H22N2O2. The number of benzene rings is 1. The van der Waals surface area contributed by atoms with Crippen molar-refractivity contribution in [3.05, 3.63) is 30.3 Å². The largest absolute Gasteiger partial charge is 0.344 e. The van der Waals surface area contributed by atoms with Gasteiger partial charge in [-0.2, -0.15) is 0 Å². The molecule has 0 aromatic heterocycles. The highest BCUT2D eigenvalue weighted by atomic mass is 16.2. The third-order valence-corrected chi connectivity index (χ3v) is 3.77. The van der Waals surface area contributed by atoms with Gasteiger partial charge in [-0.15, -0.1) is 0 Å². The highest BCUT2D eigenvalue weighted by molar-refractivity contribution is 5.97. The van der Waals surface area contributed by atoms with Crippen LogP contribution in [0.5, 0.6) is 0 Å². The minimum atomic E-state index is -0.510. The van der Waals surface area contributed by atoms with Crippen molar-refractivity contribution in [1.29, 1.82) is 0 Å². The summed E-state index contributed by atoms with van der Waals surface area (Å²) < 4.78 is 0. The first-order valence-corrected chi connectivity index (χ1v) is 7.33. The third-order valence-electron chi connectivity index (χ3n) is 3.77. The van der Waals surface area contributed by atoms with Gasteiger partial charge >= 0.3 is 0 Å². The van der Waals surface area contributed by atoms with Gasteiger partial charge in [-0.25, -0.2) is 0 Å². The summed E-state index contributed by atoms with van der Waals surface area (Å²) in [6.07, 6.45) is 5.33. The molecule has 2 rings (SSSR count). The lowest BCUT2D eigenvalue weighted by molar-refractivity contribution is -0.129. The van der Waals surface area contributed by atoms with Crippen LogP contribution in [-0.2, 0) is 9.59 Å². The van der Waals surface area contributed by atoms with Gasteiger partial charge in [0.15, 0.2) is 0 Å². The maximum atomic E-state index is 12.1. The second-order valence-corrected chi connectivity index (χ2v) is 5.42. The Morgan fingerprint density at radius 2 is 1.75 bits per heavy atom. The van der Waals surface area contributed by atoms with E-state index in [0.717, 1.165) is 31.4 Å². The summed E-state index contributed by atoms with van der Waals surface area (Å²) in [7, 11) is 0. The van der Waals surface area contributed by atoms with Crippen LogP contribution in [0.25, 0.3) is 0 Å². The summed E-state index contributed by atoms with van der Waals surface area (Å²) in [5.41, 5.74) is 0.747. The maximum Gasteiger partial charge on any atom is 0.246 e. The van der Waals surface area contributed by atoms with Crippen LogP contribution in [0.15, 0.2) is 30.3 Å². The number of hydrogen-bond acceptors (Lipinski definition) is 2. The van der Waals surface area contributed by atoms with Crippen LogP contribution in [0, 0.1) is 5.92 Å². The van der Waals surface area contributed by atoms with Crippen molar-refractivity contribution >= 4 is 17.5 Å². The quantitative estimate of drug-likeness (QED) is 0.887. The molecule has 4 heteroatoms. The van der Waals surface area contributed by atoms with Gasteiger partial charge in [-0.3, -0.25) is 9.59 Å². The van der Waals surface area contributed by atoms with Crippen molar-refractivity contribution in [3.63, 3.8) is 0 Å². The van der Waals surface area contributed by atoms with E-state index in [1.165, 1.54) is 6.42 Å². The molecule has 1 unspecified atom stereocenters. The van der Waals surface area contributed by atoms with E-state index >= 15 is 0 Å². The van der Waals surface area contributed by atoms with Crippen molar-refractivity contribution in [2.75, 3.05) is 5.32 Å². The lowest BCUT2D eigenvalue weighted by Crippen LogP contribution is -2.44. The number of anilines is 1. The van der Waals surface area contributed by atoms with Gasteiger partial charge in [-0.1, -0.05) is 37.5 Å². The molecule has 1 aliphatic rings. The van der Waals surface area contributed by atoms with Gasteiger partial charge in [0.1, 0.15) is 6.04 Å². The molecule has 2 N–H and O–H groups in total. The molecular weight excluding hydrogens is 252 g/mol.